The maximum absolute atomic E-state index is 12.8. The molecular weight excluding hydrogens is 404 g/mol. The van der Waals surface area contributed by atoms with Crippen LogP contribution < -0.4 is 15.9 Å². The van der Waals surface area contributed by atoms with Gasteiger partial charge in [0.2, 0.25) is 11.6 Å². The lowest BCUT2D eigenvalue weighted by Gasteiger charge is -2.35. The van der Waals surface area contributed by atoms with Crippen LogP contribution in [0, 0.1) is 18.8 Å². The van der Waals surface area contributed by atoms with E-state index in [1.165, 1.54) is 15.5 Å². The molecule has 1 saturated heterocycles. The molecule has 1 amide bonds. The quantitative estimate of drug-likeness (QED) is 0.690. The topological polar surface area (TPSA) is 84.5 Å². The van der Waals surface area contributed by atoms with Crippen molar-refractivity contribution in [2.45, 2.75) is 33.7 Å². The van der Waals surface area contributed by atoms with Gasteiger partial charge in [0.05, 0.1) is 0 Å². The first kappa shape index (κ1) is 20.4. The van der Waals surface area contributed by atoms with Crippen molar-refractivity contribution in [1.82, 2.24) is 19.2 Å². The van der Waals surface area contributed by atoms with Crippen LogP contribution in [-0.2, 0) is 11.3 Å². The minimum absolute atomic E-state index is 0.196. The van der Waals surface area contributed by atoms with Crippen LogP contribution >= 0.6 is 11.6 Å². The fraction of sp³-hybridized carbons (Fsp3) is 0.429. The highest BCUT2D eigenvalue weighted by atomic mass is 35.5. The standard InChI is InChI=1S/C21H25ClN6O2/c1-13-8-14(2)11-26(10-13)19-20-25-28(21(30)27(20)7-6-23-19)12-18(29)24-16-5-4-15(3)17(22)9-16/h4-7,9,13-14H,8,10-12H2,1-3H3,(H,24,29)/t13-,14+. The third-order valence-corrected chi connectivity index (χ3v) is 5.81. The van der Waals surface area contributed by atoms with Gasteiger partial charge in [0.25, 0.3) is 0 Å². The first-order valence-electron chi connectivity index (χ1n) is 10.1. The van der Waals surface area contributed by atoms with Gasteiger partial charge in [0, 0.05) is 36.2 Å². The Bertz CT molecular complexity index is 1140. The molecule has 0 unspecified atom stereocenters. The van der Waals surface area contributed by atoms with E-state index in [1.807, 2.05) is 13.0 Å². The molecule has 1 fully saturated rings. The lowest BCUT2D eigenvalue weighted by Crippen LogP contribution is -2.39. The molecule has 1 aliphatic rings. The van der Waals surface area contributed by atoms with Gasteiger partial charge in [-0.1, -0.05) is 31.5 Å². The fourth-order valence-electron chi connectivity index (χ4n) is 4.10. The zero-order valence-electron chi connectivity index (χ0n) is 17.3. The number of piperidine rings is 1. The number of nitrogens with one attached hydrogen (secondary N) is 1. The van der Waals surface area contributed by atoms with E-state index in [4.69, 9.17) is 11.6 Å². The van der Waals surface area contributed by atoms with Crippen molar-refractivity contribution in [3.8, 4) is 0 Å². The zero-order chi connectivity index (χ0) is 21.4. The number of aryl methyl sites for hydroxylation is 1. The van der Waals surface area contributed by atoms with Gasteiger partial charge in [0.1, 0.15) is 6.54 Å². The summed E-state index contributed by atoms with van der Waals surface area (Å²) in [7, 11) is 0. The Balaban J connectivity index is 1.59. The van der Waals surface area contributed by atoms with Gasteiger partial charge in [-0.05, 0) is 42.9 Å². The first-order chi connectivity index (χ1) is 14.3. The molecule has 3 aromatic rings. The van der Waals surface area contributed by atoms with E-state index in [0.29, 0.717) is 34.0 Å². The molecule has 2 atom stereocenters. The Labute approximate surface area is 179 Å². The molecule has 30 heavy (non-hydrogen) atoms. The lowest BCUT2D eigenvalue weighted by atomic mass is 9.92. The van der Waals surface area contributed by atoms with Crippen molar-refractivity contribution in [1.29, 1.82) is 0 Å². The molecule has 3 heterocycles. The number of carbonyl (C=O) groups is 1. The van der Waals surface area contributed by atoms with Gasteiger partial charge in [-0.2, -0.15) is 0 Å². The highest BCUT2D eigenvalue weighted by Crippen LogP contribution is 2.26. The van der Waals surface area contributed by atoms with Crippen LogP contribution in [0.4, 0.5) is 11.5 Å². The van der Waals surface area contributed by atoms with Gasteiger partial charge in [-0.25, -0.2) is 18.9 Å². The number of benzene rings is 1. The second kappa shape index (κ2) is 8.10. The number of carbonyl (C=O) groups excluding carboxylic acids is 1. The number of aromatic nitrogens is 4. The Morgan fingerprint density at radius 1 is 1.27 bits per heavy atom. The Morgan fingerprint density at radius 3 is 2.70 bits per heavy atom. The van der Waals surface area contributed by atoms with E-state index in [1.54, 1.807) is 24.5 Å². The van der Waals surface area contributed by atoms with Gasteiger partial charge in [-0.3, -0.25) is 4.79 Å². The summed E-state index contributed by atoms with van der Waals surface area (Å²) in [5.41, 5.74) is 1.59. The highest BCUT2D eigenvalue weighted by molar-refractivity contribution is 6.31. The smallest absolute Gasteiger partial charge is 0.350 e. The highest BCUT2D eigenvalue weighted by Gasteiger charge is 2.25. The number of hydrogen-bond acceptors (Lipinski definition) is 5. The maximum atomic E-state index is 12.8. The minimum Gasteiger partial charge on any atom is -0.353 e. The number of amides is 1. The lowest BCUT2D eigenvalue weighted by molar-refractivity contribution is -0.117. The monoisotopic (exact) mass is 428 g/mol. The van der Waals surface area contributed by atoms with Gasteiger partial charge < -0.3 is 10.2 Å². The third-order valence-electron chi connectivity index (χ3n) is 5.40. The van der Waals surface area contributed by atoms with Crippen molar-refractivity contribution < 1.29 is 4.79 Å². The molecule has 158 valence electrons. The van der Waals surface area contributed by atoms with Crippen molar-refractivity contribution in [2.75, 3.05) is 23.3 Å². The summed E-state index contributed by atoms with van der Waals surface area (Å²) in [5, 5.41) is 7.76. The summed E-state index contributed by atoms with van der Waals surface area (Å²) < 4.78 is 2.62. The average molecular weight is 429 g/mol. The second-order valence-electron chi connectivity index (χ2n) is 8.25. The molecule has 0 aliphatic carbocycles. The molecule has 0 bridgehead atoms. The van der Waals surface area contributed by atoms with E-state index < -0.39 is 0 Å². The van der Waals surface area contributed by atoms with Crippen molar-refractivity contribution in [3.05, 3.63) is 51.7 Å². The van der Waals surface area contributed by atoms with Crippen LogP contribution in [0.2, 0.25) is 5.02 Å². The summed E-state index contributed by atoms with van der Waals surface area (Å²) in [4.78, 5) is 32.0. The van der Waals surface area contributed by atoms with Crippen molar-refractivity contribution >= 4 is 34.7 Å². The molecule has 8 nitrogen and oxygen atoms in total. The van der Waals surface area contributed by atoms with Crippen LogP contribution in [0.3, 0.4) is 0 Å². The Kier molecular flexibility index (Phi) is 5.51. The number of rotatable bonds is 4. The van der Waals surface area contributed by atoms with E-state index in [2.05, 4.69) is 34.1 Å². The SMILES string of the molecule is Cc1ccc(NC(=O)Cn2nc3c(N4C[C@H](C)C[C@H](C)C4)nccn3c2=O)cc1Cl. The summed E-state index contributed by atoms with van der Waals surface area (Å²) in [6.07, 6.45) is 4.36. The molecule has 1 N–H and O–H groups in total. The second-order valence-corrected chi connectivity index (χ2v) is 8.66. The summed E-state index contributed by atoms with van der Waals surface area (Å²) >= 11 is 6.11. The number of halogens is 1. The van der Waals surface area contributed by atoms with Gasteiger partial charge in [-0.15, -0.1) is 5.10 Å². The molecule has 0 radical (unpaired) electrons. The summed E-state index contributed by atoms with van der Waals surface area (Å²) in [6, 6.07) is 5.28. The zero-order valence-corrected chi connectivity index (χ0v) is 18.1. The number of fused-ring (bicyclic) bond motifs is 1. The summed E-state index contributed by atoms with van der Waals surface area (Å²) in [5.74, 6) is 1.40. The number of nitrogens with zero attached hydrogens (tertiary/aromatic N) is 5. The molecule has 0 spiro atoms. The maximum Gasteiger partial charge on any atom is 0.350 e. The summed E-state index contributed by atoms with van der Waals surface area (Å²) in [6.45, 7) is 7.86. The molecule has 0 saturated carbocycles. The van der Waals surface area contributed by atoms with E-state index in [0.717, 1.165) is 18.7 Å². The Morgan fingerprint density at radius 2 is 2.00 bits per heavy atom. The van der Waals surface area contributed by atoms with Crippen molar-refractivity contribution in [3.63, 3.8) is 0 Å². The fourth-order valence-corrected chi connectivity index (χ4v) is 4.29. The van der Waals surface area contributed by atoms with Crippen LogP contribution in [0.5, 0.6) is 0 Å². The van der Waals surface area contributed by atoms with Crippen LogP contribution in [0.15, 0.2) is 35.4 Å². The van der Waals surface area contributed by atoms with Crippen LogP contribution in [0.25, 0.3) is 5.65 Å². The van der Waals surface area contributed by atoms with E-state index in [9.17, 15) is 9.59 Å². The molecule has 4 rings (SSSR count). The largest absolute Gasteiger partial charge is 0.353 e. The number of anilines is 2. The Hall–Kier alpha value is -2.87. The minimum atomic E-state index is -0.371. The average Bonchev–Trinajstić information content (AvgIpc) is 2.99. The van der Waals surface area contributed by atoms with Gasteiger partial charge >= 0.3 is 5.69 Å². The molecule has 1 aromatic carbocycles. The number of hydrogen-bond donors (Lipinski definition) is 1. The van der Waals surface area contributed by atoms with Crippen molar-refractivity contribution in [2.24, 2.45) is 11.8 Å². The molecule has 1 aliphatic heterocycles. The van der Waals surface area contributed by atoms with Gasteiger partial charge in [0.15, 0.2) is 5.82 Å². The predicted octanol–water partition coefficient (Wildman–Crippen LogP) is 2.97. The van der Waals surface area contributed by atoms with E-state index in [-0.39, 0.29) is 18.1 Å². The first-order valence-corrected chi connectivity index (χ1v) is 10.4. The predicted molar refractivity (Wildman–Crippen MR) is 117 cm³/mol. The normalized spacial score (nSPS) is 19.3. The van der Waals surface area contributed by atoms with Crippen LogP contribution in [-0.4, -0.2) is 38.2 Å². The van der Waals surface area contributed by atoms with Crippen LogP contribution in [0.1, 0.15) is 25.8 Å². The molecule has 9 heteroatoms. The van der Waals surface area contributed by atoms with E-state index >= 15 is 0 Å². The third kappa shape index (κ3) is 4.05. The molecule has 2 aromatic heterocycles. The molecular formula is C21H25ClN6O2.